The molecule has 3 rings (SSSR count). The summed E-state index contributed by atoms with van der Waals surface area (Å²) in [6.45, 7) is 0. The number of nitro groups is 1. The van der Waals surface area contributed by atoms with E-state index in [2.05, 4.69) is 5.32 Å². The molecule has 162 valence electrons. The minimum atomic E-state index is -4.95. The first-order valence-corrected chi connectivity index (χ1v) is 11.0. The number of benzene rings is 3. The number of nitro benzene ring substituents is 1. The van der Waals surface area contributed by atoms with Crippen LogP contribution in [0.25, 0.3) is 10.8 Å². The van der Waals surface area contributed by atoms with Crippen LogP contribution in [-0.2, 0) is 20.2 Å². The summed E-state index contributed by atoms with van der Waals surface area (Å²) in [5, 5.41) is 22.9. The fourth-order valence-corrected chi connectivity index (χ4v) is 3.96. The molecule has 0 unspecified atom stereocenters. The molecule has 0 bridgehead atoms. The van der Waals surface area contributed by atoms with Gasteiger partial charge in [0.2, 0.25) is 0 Å². The number of aromatic hydroxyl groups is 1. The molecule has 3 aromatic carbocycles. The van der Waals surface area contributed by atoms with E-state index in [0.29, 0.717) is 6.07 Å². The van der Waals surface area contributed by atoms with Crippen LogP contribution >= 0.6 is 0 Å². The van der Waals surface area contributed by atoms with Crippen molar-refractivity contribution < 1.29 is 40.8 Å². The van der Waals surface area contributed by atoms with Crippen LogP contribution in [0.5, 0.6) is 5.75 Å². The molecule has 14 heteroatoms. The molecule has 0 heterocycles. The summed E-state index contributed by atoms with van der Waals surface area (Å²) in [5.41, 5.74) is -1.07. The number of phenolic OH excluding ortho intramolecular Hbond substituents is 1. The van der Waals surface area contributed by atoms with E-state index in [1.807, 2.05) is 0 Å². The molecule has 0 atom stereocenters. The van der Waals surface area contributed by atoms with Crippen molar-refractivity contribution >= 4 is 48.3 Å². The number of amides is 1. The van der Waals surface area contributed by atoms with Crippen molar-refractivity contribution in [1.29, 1.82) is 0 Å². The molecular weight excluding hydrogens is 456 g/mol. The fraction of sp³-hybridized carbons (Fsp3) is 0. The molecule has 0 saturated carbocycles. The van der Waals surface area contributed by atoms with Gasteiger partial charge in [0.05, 0.1) is 15.5 Å². The van der Waals surface area contributed by atoms with Crippen LogP contribution in [-0.4, -0.2) is 41.9 Å². The SMILES string of the molecule is O=C(Nc1cc2c(O)cc(S(=O)(=O)O)cc2cc1S(=O)(=O)O)c1cccc([N+](=O)[O-])c1. The summed E-state index contributed by atoms with van der Waals surface area (Å²) in [5.74, 6) is -1.63. The highest BCUT2D eigenvalue weighted by molar-refractivity contribution is 7.86. The first-order valence-electron chi connectivity index (χ1n) is 8.09. The van der Waals surface area contributed by atoms with Crippen LogP contribution in [0.15, 0.2) is 58.3 Å². The predicted octanol–water partition coefficient (Wildman–Crippen LogP) is 2.20. The topological polar surface area (TPSA) is 201 Å². The standard InChI is InChI=1S/C17H12N2O10S2/c20-15-7-12(30(24,25)26)5-10-6-16(31(27,28)29)14(8-13(10)15)18-17(21)9-2-1-3-11(4-9)19(22)23/h1-8,20H,(H,18,21)(H,24,25,26)(H,27,28,29). The molecule has 12 nitrogen and oxygen atoms in total. The van der Waals surface area contributed by atoms with Crippen LogP contribution in [0.1, 0.15) is 10.4 Å². The van der Waals surface area contributed by atoms with E-state index in [4.69, 9.17) is 4.55 Å². The number of hydrogen-bond acceptors (Lipinski definition) is 8. The average Bonchev–Trinajstić information content (AvgIpc) is 2.66. The van der Waals surface area contributed by atoms with Gasteiger partial charge in [0, 0.05) is 29.1 Å². The highest BCUT2D eigenvalue weighted by Gasteiger charge is 2.22. The average molecular weight is 468 g/mol. The second kappa shape index (κ2) is 7.59. The van der Waals surface area contributed by atoms with Gasteiger partial charge in [-0.3, -0.25) is 24.0 Å². The number of phenols is 1. The van der Waals surface area contributed by atoms with Gasteiger partial charge in [-0.25, -0.2) is 0 Å². The Morgan fingerprint density at radius 3 is 2.23 bits per heavy atom. The third-order valence-electron chi connectivity index (χ3n) is 4.15. The molecule has 4 N–H and O–H groups in total. The highest BCUT2D eigenvalue weighted by atomic mass is 32.2. The van der Waals surface area contributed by atoms with Crippen LogP contribution in [0.3, 0.4) is 0 Å². The van der Waals surface area contributed by atoms with E-state index in [0.717, 1.165) is 30.3 Å². The maximum absolute atomic E-state index is 12.5. The van der Waals surface area contributed by atoms with Gasteiger partial charge in [-0.2, -0.15) is 16.8 Å². The quantitative estimate of drug-likeness (QED) is 0.244. The zero-order chi connectivity index (χ0) is 23.1. The number of carbonyl (C=O) groups is 1. The number of nitrogens with zero attached hydrogens (tertiary/aromatic N) is 1. The minimum absolute atomic E-state index is 0.117. The molecule has 31 heavy (non-hydrogen) atoms. The molecule has 0 aliphatic heterocycles. The van der Waals surface area contributed by atoms with E-state index in [-0.39, 0.29) is 16.3 Å². The van der Waals surface area contributed by atoms with Crippen molar-refractivity contribution in [2.75, 3.05) is 5.32 Å². The maximum Gasteiger partial charge on any atom is 0.296 e. The number of anilines is 1. The van der Waals surface area contributed by atoms with Crippen molar-refractivity contribution in [3.63, 3.8) is 0 Å². The van der Waals surface area contributed by atoms with Gasteiger partial charge in [0.1, 0.15) is 10.6 Å². The Kier molecular flexibility index (Phi) is 5.41. The van der Waals surface area contributed by atoms with Crippen molar-refractivity contribution in [2.24, 2.45) is 0 Å². The van der Waals surface area contributed by atoms with E-state index >= 15 is 0 Å². The van der Waals surface area contributed by atoms with Crippen molar-refractivity contribution in [3.05, 3.63) is 64.2 Å². The summed E-state index contributed by atoms with van der Waals surface area (Å²) >= 11 is 0. The molecule has 0 spiro atoms. The lowest BCUT2D eigenvalue weighted by Gasteiger charge is -2.13. The van der Waals surface area contributed by atoms with Gasteiger partial charge < -0.3 is 10.4 Å². The van der Waals surface area contributed by atoms with Gasteiger partial charge >= 0.3 is 0 Å². The Hall–Kier alpha value is -3.59. The number of hydrogen-bond donors (Lipinski definition) is 4. The lowest BCUT2D eigenvalue weighted by atomic mass is 10.1. The van der Waals surface area contributed by atoms with Gasteiger partial charge in [0.15, 0.2) is 0 Å². The maximum atomic E-state index is 12.5. The molecular formula is C17H12N2O10S2. The monoisotopic (exact) mass is 468 g/mol. The van der Waals surface area contributed by atoms with Gasteiger partial charge in [0.25, 0.3) is 31.8 Å². The smallest absolute Gasteiger partial charge is 0.296 e. The number of non-ortho nitro benzene ring substituents is 1. The Morgan fingerprint density at radius 1 is 0.968 bits per heavy atom. The Balaban J connectivity index is 2.17. The van der Waals surface area contributed by atoms with Gasteiger partial charge in [-0.15, -0.1) is 0 Å². The largest absolute Gasteiger partial charge is 0.507 e. The molecule has 3 aromatic rings. The second-order valence-electron chi connectivity index (χ2n) is 6.22. The zero-order valence-corrected chi connectivity index (χ0v) is 16.7. The molecule has 0 aliphatic rings. The minimum Gasteiger partial charge on any atom is -0.507 e. The Labute approximate surface area is 174 Å². The Morgan fingerprint density at radius 2 is 1.65 bits per heavy atom. The summed E-state index contributed by atoms with van der Waals surface area (Å²) < 4.78 is 65.0. The van der Waals surface area contributed by atoms with Crippen LogP contribution in [0.4, 0.5) is 11.4 Å². The third-order valence-corrected chi connectivity index (χ3v) is 5.87. The third kappa shape index (κ3) is 4.61. The van der Waals surface area contributed by atoms with Gasteiger partial charge in [-0.1, -0.05) is 6.07 Å². The molecule has 1 amide bonds. The number of carbonyl (C=O) groups excluding carboxylic acids is 1. The summed E-state index contributed by atoms with van der Waals surface area (Å²) in [7, 11) is -9.69. The number of fused-ring (bicyclic) bond motifs is 1. The zero-order valence-electron chi connectivity index (χ0n) is 15.1. The lowest BCUT2D eigenvalue weighted by molar-refractivity contribution is -0.384. The molecule has 0 fully saturated rings. The van der Waals surface area contributed by atoms with Crippen LogP contribution < -0.4 is 5.32 Å². The van der Waals surface area contributed by atoms with Crippen molar-refractivity contribution in [2.45, 2.75) is 9.79 Å². The fourth-order valence-electron chi connectivity index (χ4n) is 2.76. The summed E-state index contributed by atoms with van der Waals surface area (Å²) in [4.78, 5) is 21.1. The lowest BCUT2D eigenvalue weighted by Crippen LogP contribution is -2.15. The highest BCUT2D eigenvalue weighted by Crippen LogP contribution is 2.35. The normalized spacial score (nSPS) is 11.9. The Bertz CT molecular complexity index is 1460. The first kappa shape index (κ1) is 22.1. The summed E-state index contributed by atoms with van der Waals surface area (Å²) in [6.07, 6.45) is 0. The van der Waals surface area contributed by atoms with E-state index < -0.39 is 58.0 Å². The first-order chi connectivity index (χ1) is 14.3. The molecule has 0 radical (unpaired) electrons. The predicted molar refractivity (Wildman–Crippen MR) is 106 cm³/mol. The van der Waals surface area contributed by atoms with Crippen LogP contribution in [0.2, 0.25) is 0 Å². The van der Waals surface area contributed by atoms with E-state index in [9.17, 15) is 41.4 Å². The molecule has 0 aromatic heterocycles. The van der Waals surface area contributed by atoms with Crippen molar-refractivity contribution in [1.82, 2.24) is 0 Å². The van der Waals surface area contributed by atoms with E-state index in [1.165, 1.54) is 12.1 Å². The summed E-state index contributed by atoms with van der Waals surface area (Å²) in [6, 6.07) is 7.84. The van der Waals surface area contributed by atoms with E-state index in [1.54, 1.807) is 0 Å². The second-order valence-corrected chi connectivity index (χ2v) is 9.04. The van der Waals surface area contributed by atoms with Crippen molar-refractivity contribution in [3.8, 4) is 5.75 Å². The number of nitrogens with one attached hydrogen (secondary N) is 1. The van der Waals surface area contributed by atoms with Crippen LogP contribution in [0, 0.1) is 10.1 Å². The van der Waals surface area contributed by atoms with Gasteiger partial charge in [-0.05, 0) is 29.7 Å². The molecule has 0 saturated heterocycles. The number of rotatable bonds is 5. The molecule has 0 aliphatic carbocycles.